The number of nitrogens with one attached hydrogen (secondary N) is 1. The van der Waals surface area contributed by atoms with Crippen LogP contribution in [-0.2, 0) is 16.0 Å². The maximum absolute atomic E-state index is 12.0. The van der Waals surface area contributed by atoms with Crippen LogP contribution in [-0.4, -0.2) is 28.5 Å². The molecule has 0 bridgehead atoms. The third-order valence-corrected chi connectivity index (χ3v) is 4.69. The molecular formula is C19H16ClN3O3S. The molecule has 6 nitrogen and oxygen atoms in total. The van der Waals surface area contributed by atoms with Crippen LogP contribution in [0.3, 0.4) is 0 Å². The molecular weight excluding hydrogens is 386 g/mol. The average molecular weight is 402 g/mol. The second-order valence-corrected chi connectivity index (χ2v) is 6.83. The number of halogens is 1. The van der Waals surface area contributed by atoms with E-state index >= 15 is 0 Å². The van der Waals surface area contributed by atoms with Crippen molar-refractivity contribution >= 4 is 39.9 Å². The molecule has 138 valence electrons. The fraction of sp³-hybridized carbons (Fsp3) is 0.158. The first-order valence-electron chi connectivity index (χ1n) is 8.18. The molecule has 0 aliphatic heterocycles. The Balaban J connectivity index is 1.54. The van der Waals surface area contributed by atoms with Crippen LogP contribution in [0.25, 0.3) is 11.3 Å². The zero-order chi connectivity index (χ0) is 19.2. The molecule has 0 saturated heterocycles. The zero-order valence-electron chi connectivity index (χ0n) is 14.4. The molecule has 3 aromatic rings. The molecule has 0 radical (unpaired) electrons. The van der Waals surface area contributed by atoms with Gasteiger partial charge in [-0.25, -0.2) is 14.8 Å². The summed E-state index contributed by atoms with van der Waals surface area (Å²) in [5.74, 6) is -1.11. The SMILES string of the molecule is CCc1ccc(-c2csc(NC(=O)COC(=O)c3ccc(Cl)nc3)n2)cc1. The monoisotopic (exact) mass is 401 g/mol. The molecule has 0 saturated carbocycles. The highest BCUT2D eigenvalue weighted by Crippen LogP contribution is 2.25. The van der Waals surface area contributed by atoms with E-state index in [1.54, 1.807) is 0 Å². The molecule has 0 aliphatic carbocycles. The number of amides is 1. The predicted molar refractivity (Wildman–Crippen MR) is 105 cm³/mol. The maximum Gasteiger partial charge on any atom is 0.340 e. The van der Waals surface area contributed by atoms with Crippen molar-refractivity contribution in [2.45, 2.75) is 13.3 Å². The van der Waals surface area contributed by atoms with Crippen molar-refractivity contribution in [3.05, 3.63) is 64.3 Å². The number of nitrogens with zero attached hydrogens (tertiary/aromatic N) is 2. The van der Waals surface area contributed by atoms with Gasteiger partial charge in [-0.1, -0.05) is 42.8 Å². The summed E-state index contributed by atoms with van der Waals surface area (Å²) in [6.45, 7) is 1.68. The van der Waals surface area contributed by atoms with Crippen molar-refractivity contribution in [2.24, 2.45) is 0 Å². The zero-order valence-corrected chi connectivity index (χ0v) is 16.0. The number of ether oxygens (including phenoxy) is 1. The number of carbonyl (C=O) groups is 2. The molecule has 0 atom stereocenters. The number of carbonyl (C=O) groups excluding carboxylic acids is 2. The van der Waals surface area contributed by atoms with Crippen molar-refractivity contribution < 1.29 is 14.3 Å². The molecule has 8 heteroatoms. The molecule has 0 unspecified atom stereocenters. The van der Waals surface area contributed by atoms with Crippen molar-refractivity contribution in [1.82, 2.24) is 9.97 Å². The Bertz CT molecular complexity index is 940. The highest BCUT2D eigenvalue weighted by molar-refractivity contribution is 7.14. The Morgan fingerprint density at radius 3 is 2.63 bits per heavy atom. The first-order chi connectivity index (χ1) is 13.0. The van der Waals surface area contributed by atoms with E-state index < -0.39 is 18.5 Å². The van der Waals surface area contributed by atoms with Gasteiger partial charge in [-0.05, 0) is 24.1 Å². The fourth-order valence-electron chi connectivity index (χ4n) is 2.24. The van der Waals surface area contributed by atoms with E-state index in [0.29, 0.717) is 5.13 Å². The number of pyridine rings is 1. The number of aromatic nitrogens is 2. The first-order valence-corrected chi connectivity index (χ1v) is 9.44. The second kappa shape index (κ2) is 8.75. The van der Waals surface area contributed by atoms with Gasteiger partial charge in [-0.2, -0.15) is 0 Å². The Hall–Kier alpha value is -2.77. The fourth-order valence-corrected chi connectivity index (χ4v) is 3.09. The van der Waals surface area contributed by atoms with Gasteiger partial charge in [0.2, 0.25) is 0 Å². The standard InChI is InChI=1S/C19H16ClN3O3S/c1-2-12-3-5-13(6-4-12)15-11-27-19(22-15)23-17(24)10-26-18(25)14-7-8-16(20)21-9-14/h3-9,11H,2,10H2,1H3,(H,22,23,24). The lowest BCUT2D eigenvalue weighted by Gasteiger charge is -2.04. The maximum atomic E-state index is 12.0. The van der Waals surface area contributed by atoms with Crippen molar-refractivity contribution in [2.75, 3.05) is 11.9 Å². The van der Waals surface area contributed by atoms with Crippen molar-refractivity contribution in [3.63, 3.8) is 0 Å². The summed E-state index contributed by atoms with van der Waals surface area (Å²) in [5, 5.41) is 5.20. The quantitative estimate of drug-likeness (QED) is 0.494. The minimum atomic E-state index is -0.648. The number of thiazole rings is 1. The summed E-state index contributed by atoms with van der Waals surface area (Å²) in [7, 11) is 0. The smallest absolute Gasteiger partial charge is 0.340 e. The average Bonchev–Trinajstić information content (AvgIpc) is 3.15. The highest BCUT2D eigenvalue weighted by atomic mass is 35.5. The van der Waals surface area contributed by atoms with E-state index in [4.69, 9.17) is 16.3 Å². The van der Waals surface area contributed by atoms with Gasteiger partial charge in [-0.3, -0.25) is 10.1 Å². The lowest BCUT2D eigenvalue weighted by Crippen LogP contribution is -2.20. The summed E-state index contributed by atoms with van der Waals surface area (Å²) >= 11 is 6.97. The number of anilines is 1. The van der Waals surface area contributed by atoms with Crippen LogP contribution in [0.15, 0.2) is 48.0 Å². The van der Waals surface area contributed by atoms with E-state index in [2.05, 4.69) is 34.3 Å². The minimum absolute atomic E-state index is 0.222. The molecule has 2 aromatic heterocycles. The molecule has 1 N–H and O–H groups in total. The number of aryl methyl sites for hydroxylation is 1. The molecule has 27 heavy (non-hydrogen) atoms. The first kappa shape index (κ1) is 19.0. The van der Waals surface area contributed by atoms with Crippen LogP contribution in [0.5, 0.6) is 0 Å². The van der Waals surface area contributed by atoms with Crippen molar-refractivity contribution in [3.8, 4) is 11.3 Å². The van der Waals surface area contributed by atoms with Gasteiger partial charge in [-0.15, -0.1) is 11.3 Å². The van der Waals surface area contributed by atoms with Crippen LogP contribution in [0.1, 0.15) is 22.8 Å². The highest BCUT2D eigenvalue weighted by Gasteiger charge is 2.12. The third kappa shape index (κ3) is 5.12. The predicted octanol–water partition coefficient (Wildman–Crippen LogP) is 4.22. The van der Waals surface area contributed by atoms with Gasteiger partial charge in [0, 0.05) is 17.1 Å². The number of hydrogen-bond donors (Lipinski definition) is 1. The van der Waals surface area contributed by atoms with Gasteiger partial charge in [0.15, 0.2) is 11.7 Å². The summed E-state index contributed by atoms with van der Waals surface area (Å²) < 4.78 is 4.96. The molecule has 1 aromatic carbocycles. The van der Waals surface area contributed by atoms with E-state index in [9.17, 15) is 9.59 Å². The Labute approximate surface area is 165 Å². The van der Waals surface area contributed by atoms with Crippen LogP contribution in [0, 0.1) is 0 Å². The van der Waals surface area contributed by atoms with Crippen LogP contribution in [0.4, 0.5) is 5.13 Å². The molecule has 0 aliphatic rings. The van der Waals surface area contributed by atoms with Gasteiger partial charge in [0.25, 0.3) is 5.91 Å². The third-order valence-electron chi connectivity index (χ3n) is 3.71. The summed E-state index contributed by atoms with van der Waals surface area (Å²) in [5.41, 5.74) is 3.23. The Morgan fingerprint density at radius 1 is 1.19 bits per heavy atom. The lowest BCUT2D eigenvalue weighted by atomic mass is 10.1. The van der Waals surface area contributed by atoms with Crippen LogP contribution < -0.4 is 5.32 Å². The molecule has 0 spiro atoms. The number of rotatable bonds is 6. The van der Waals surface area contributed by atoms with Gasteiger partial charge in [0.05, 0.1) is 11.3 Å². The summed E-state index contributed by atoms with van der Waals surface area (Å²) in [6.07, 6.45) is 2.27. The molecule has 2 heterocycles. The van der Waals surface area contributed by atoms with E-state index in [0.717, 1.165) is 17.7 Å². The molecule has 1 amide bonds. The largest absolute Gasteiger partial charge is 0.452 e. The summed E-state index contributed by atoms with van der Waals surface area (Å²) in [6, 6.07) is 11.1. The number of esters is 1. The van der Waals surface area contributed by atoms with Gasteiger partial charge >= 0.3 is 5.97 Å². The number of benzene rings is 1. The Kier molecular flexibility index (Phi) is 6.16. The number of hydrogen-bond acceptors (Lipinski definition) is 6. The van der Waals surface area contributed by atoms with E-state index in [1.807, 2.05) is 17.5 Å². The minimum Gasteiger partial charge on any atom is -0.452 e. The van der Waals surface area contributed by atoms with Gasteiger partial charge < -0.3 is 4.74 Å². The molecule has 0 fully saturated rings. The van der Waals surface area contributed by atoms with E-state index in [1.165, 1.54) is 35.2 Å². The molecule has 3 rings (SSSR count). The topological polar surface area (TPSA) is 81.2 Å². The van der Waals surface area contributed by atoms with Crippen LogP contribution in [0.2, 0.25) is 5.15 Å². The van der Waals surface area contributed by atoms with Crippen LogP contribution >= 0.6 is 22.9 Å². The normalized spacial score (nSPS) is 10.4. The second-order valence-electron chi connectivity index (χ2n) is 5.58. The summed E-state index contributed by atoms with van der Waals surface area (Å²) in [4.78, 5) is 32.0. The Morgan fingerprint density at radius 2 is 1.96 bits per heavy atom. The van der Waals surface area contributed by atoms with Gasteiger partial charge in [0.1, 0.15) is 5.15 Å². The van der Waals surface area contributed by atoms with E-state index in [-0.39, 0.29) is 10.7 Å². The lowest BCUT2D eigenvalue weighted by molar-refractivity contribution is -0.119. The van der Waals surface area contributed by atoms with Crippen molar-refractivity contribution in [1.29, 1.82) is 0 Å².